The third-order valence-corrected chi connectivity index (χ3v) is 2.96. The first kappa shape index (κ1) is 11.5. The predicted octanol–water partition coefficient (Wildman–Crippen LogP) is 0.599. The van der Waals surface area contributed by atoms with Crippen molar-refractivity contribution in [2.24, 2.45) is 5.73 Å². The van der Waals surface area contributed by atoms with Crippen molar-refractivity contribution in [1.82, 2.24) is 15.0 Å². The third-order valence-electron chi connectivity index (χ3n) is 2.96. The molecule has 5 nitrogen and oxygen atoms in total. The zero-order valence-electron chi connectivity index (χ0n) is 9.69. The van der Waals surface area contributed by atoms with Crippen LogP contribution < -0.4 is 5.73 Å². The van der Waals surface area contributed by atoms with Gasteiger partial charge in [0.1, 0.15) is 0 Å². The molecule has 1 aromatic rings. The quantitative estimate of drug-likeness (QED) is 0.766. The van der Waals surface area contributed by atoms with Crippen molar-refractivity contribution in [3.8, 4) is 0 Å². The summed E-state index contributed by atoms with van der Waals surface area (Å²) in [4.78, 5) is 6.80. The molecule has 0 bridgehead atoms. The zero-order chi connectivity index (χ0) is 11.2. The Morgan fingerprint density at radius 2 is 2.06 bits per heavy atom. The fourth-order valence-corrected chi connectivity index (χ4v) is 2.01. The molecule has 0 unspecified atom stereocenters. The molecule has 1 fully saturated rings. The van der Waals surface area contributed by atoms with Gasteiger partial charge in [-0.15, -0.1) is 0 Å². The van der Waals surface area contributed by atoms with Crippen LogP contribution in [0.3, 0.4) is 0 Å². The van der Waals surface area contributed by atoms with Gasteiger partial charge in [0, 0.05) is 19.4 Å². The highest BCUT2D eigenvalue weighted by molar-refractivity contribution is 4.88. The molecule has 2 heterocycles. The number of aromatic nitrogens is 2. The second-order valence-electron chi connectivity index (χ2n) is 4.30. The number of aryl methyl sites for hydroxylation is 1. The molecule has 0 atom stereocenters. The SMILES string of the molecule is NCCCc1nc(CCN2CCCC2)no1. The molecule has 0 spiro atoms. The largest absolute Gasteiger partial charge is 0.339 e. The molecular formula is C11H20N4O. The van der Waals surface area contributed by atoms with Gasteiger partial charge in [-0.3, -0.25) is 0 Å². The summed E-state index contributed by atoms with van der Waals surface area (Å²) in [6.45, 7) is 4.16. The summed E-state index contributed by atoms with van der Waals surface area (Å²) in [5, 5.41) is 3.98. The molecule has 0 radical (unpaired) electrons. The van der Waals surface area contributed by atoms with Crippen LogP contribution in [0, 0.1) is 0 Å². The highest BCUT2D eigenvalue weighted by atomic mass is 16.5. The fraction of sp³-hybridized carbons (Fsp3) is 0.818. The number of rotatable bonds is 6. The second kappa shape index (κ2) is 5.96. The Morgan fingerprint density at radius 1 is 1.25 bits per heavy atom. The van der Waals surface area contributed by atoms with Crippen molar-refractivity contribution in [3.63, 3.8) is 0 Å². The molecule has 0 aliphatic carbocycles. The van der Waals surface area contributed by atoms with Crippen molar-refractivity contribution in [2.75, 3.05) is 26.2 Å². The second-order valence-corrected chi connectivity index (χ2v) is 4.30. The highest BCUT2D eigenvalue weighted by Crippen LogP contribution is 2.08. The summed E-state index contributed by atoms with van der Waals surface area (Å²) in [5.74, 6) is 1.56. The summed E-state index contributed by atoms with van der Waals surface area (Å²) < 4.78 is 5.15. The number of likely N-dealkylation sites (tertiary alicyclic amines) is 1. The Kier molecular flexibility index (Phi) is 4.30. The van der Waals surface area contributed by atoms with Gasteiger partial charge in [-0.2, -0.15) is 4.98 Å². The number of nitrogens with two attached hydrogens (primary N) is 1. The highest BCUT2D eigenvalue weighted by Gasteiger charge is 2.13. The molecule has 1 aromatic heterocycles. The fourth-order valence-electron chi connectivity index (χ4n) is 2.01. The van der Waals surface area contributed by atoms with E-state index in [0.717, 1.165) is 37.5 Å². The Hall–Kier alpha value is -0.940. The van der Waals surface area contributed by atoms with E-state index in [2.05, 4.69) is 15.0 Å². The number of hydrogen-bond donors (Lipinski definition) is 1. The zero-order valence-corrected chi connectivity index (χ0v) is 9.69. The van der Waals surface area contributed by atoms with Crippen molar-refractivity contribution in [3.05, 3.63) is 11.7 Å². The molecule has 16 heavy (non-hydrogen) atoms. The van der Waals surface area contributed by atoms with Crippen LogP contribution in [0.2, 0.25) is 0 Å². The van der Waals surface area contributed by atoms with Gasteiger partial charge >= 0.3 is 0 Å². The summed E-state index contributed by atoms with van der Waals surface area (Å²) in [5.41, 5.74) is 5.43. The lowest BCUT2D eigenvalue weighted by Crippen LogP contribution is -2.22. The first-order valence-corrected chi connectivity index (χ1v) is 6.12. The van der Waals surface area contributed by atoms with Crippen LogP contribution in [0.4, 0.5) is 0 Å². The normalized spacial score (nSPS) is 17.1. The molecule has 2 rings (SSSR count). The Bertz CT molecular complexity index is 307. The number of nitrogens with zero attached hydrogens (tertiary/aromatic N) is 3. The van der Waals surface area contributed by atoms with E-state index in [4.69, 9.17) is 10.3 Å². The van der Waals surface area contributed by atoms with Crippen LogP contribution in [-0.2, 0) is 12.8 Å². The molecule has 1 aliphatic rings. The minimum Gasteiger partial charge on any atom is -0.339 e. The van der Waals surface area contributed by atoms with Gasteiger partial charge in [0.2, 0.25) is 5.89 Å². The standard InChI is InChI=1S/C11H20N4O/c12-6-3-4-11-13-10(14-16-11)5-9-15-7-1-2-8-15/h1-9,12H2. The lowest BCUT2D eigenvalue weighted by molar-refractivity contribution is 0.333. The monoisotopic (exact) mass is 224 g/mol. The summed E-state index contributed by atoms with van der Waals surface area (Å²) in [6.07, 6.45) is 5.26. The van der Waals surface area contributed by atoms with E-state index in [1.807, 2.05) is 0 Å². The molecule has 90 valence electrons. The summed E-state index contributed by atoms with van der Waals surface area (Å²) in [6, 6.07) is 0. The smallest absolute Gasteiger partial charge is 0.226 e. The molecule has 1 aliphatic heterocycles. The molecule has 0 aromatic carbocycles. The van der Waals surface area contributed by atoms with Gasteiger partial charge in [-0.1, -0.05) is 5.16 Å². The first-order valence-electron chi connectivity index (χ1n) is 6.12. The van der Waals surface area contributed by atoms with Gasteiger partial charge < -0.3 is 15.2 Å². The number of hydrogen-bond acceptors (Lipinski definition) is 5. The van der Waals surface area contributed by atoms with E-state index < -0.39 is 0 Å². The van der Waals surface area contributed by atoms with Crippen molar-refractivity contribution >= 4 is 0 Å². The molecule has 0 amide bonds. The van der Waals surface area contributed by atoms with Crippen molar-refractivity contribution in [1.29, 1.82) is 0 Å². The van der Waals surface area contributed by atoms with Gasteiger partial charge in [0.25, 0.3) is 0 Å². The molecule has 5 heteroatoms. The minimum absolute atomic E-state index is 0.672. The molecule has 1 saturated heterocycles. The average molecular weight is 224 g/mol. The van der Waals surface area contributed by atoms with Crippen molar-refractivity contribution < 1.29 is 4.52 Å². The predicted molar refractivity (Wildman–Crippen MR) is 61.1 cm³/mol. The maximum atomic E-state index is 5.43. The maximum absolute atomic E-state index is 5.43. The summed E-state index contributed by atoms with van der Waals surface area (Å²) in [7, 11) is 0. The molecule has 0 saturated carbocycles. The Morgan fingerprint density at radius 3 is 2.81 bits per heavy atom. The van der Waals surface area contributed by atoms with Crippen molar-refractivity contribution in [2.45, 2.75) is 32.1 Å². The maximum Gasteiger partial charge on any atom is 0.226 e. The minimum atomic E-state index is 0.672. The first-order chi connectivity index (χ1) is 7.88. The molecular weight excluding hydrogens is 204 g/mol. The average Bonchev–Trinajstić information content (AvgIpc) is 2.95. The van der Waals surface area contributed by atoms with Gasteiger partial charge in [0.15, 0.2) is 5.82 Å². The Balaban J connectivity index is 1.73. The topological polar surface area (TPSA) is 68.2 Å². The van der Waals surface area contributed by atoms with Gasteiger partial charge in [-0.05, 0) is 38.9 Å². The van der Waals surface area contributed by atoms with Crippen LogP contribution in [-0.4, -0.2) is 41.2 Å². The Labute approximate surface area is 96.0 Å². The van der Waals surface area contributed by atoms with Crippen LogP contribution in [0.25, 0.3) is 0 Å². The third kappa shape index (κ3) is 3.28. The van der Waals surface area contributed by atoms with E-state index in [1.165, 1.54) is 25.9 Å². The lowest BCUT2D eigenvalue weighted by Gasteiger charge is -2.11. The van der Waals surface area contributed by atoms with E-state index in [1.54, 1.807) is 0 Å². The van der Waals surface area contributed by atoms with Crippen LogP contribution >= 0.6 is 0 Å². The molecule has 2 N–H and O–H groups in total. The lowest BCUT2D eigenvalue weighted by atomic mass is 10.3. The van der Waals surface area contributed by atoms with Gasteiger partial charge in [-0.25, -0.2) is 0 Å². The van der Waals surface area contributed by atoms with E-state index >= 15 is 0 Å². The van der Waals surface area contributed by atoms with E-state index in [0.29, 0.717) is 6.54 Å². The summed E-state index contributed by atoms with van der Waals surface area (Å²) >= 11 is 0. The van der Waals surface area contributed by atoms with Crippen LogP contribution in [0.5, 0.6) is 0 Å². The van der Waals surface area contributed by atoms with Gasteiger partial charge in [0.05, 0.1) is 0 Å². The van der Waals surface area contributed by atoms with E-state index in [-0.39, 0.29) is 0 Å². The van der Waals surface area contributed by atoms with E-state index in [9.17, 15) is 0 Å². The van der Waals surface area contributed by atoms with Crippen LogP contribution in [0.1, 0.15) is 31.0 Å². The van der Waals surface area contributed by atoms with Crippen LogP contribution in [0.15, 0.2) is 4.52 Å².